The third-order valence-electron chi connectivity index (χ3n) is 3.88. The second kappa shape index (κ2) is 7.08. The van der Waals surface area contributed by atoms with E-state index in [1.165, 1.54) is 23.5 Å². The number of rotatable bonds is 4. The van der Waals surface area contributed by atoms with Crippen LogP contribution in [-0.4, -0.2) is 21.2 Å². The molecule has 134 valence electrons. The van der Waals surface area contributed by atoms with Gasteiger partial charge in [-0.15, -0.1) is 11.3 Å². The Morgan fingerprint density at radius 2 is 1.85 bits per heavy atom. The summed E-state index contributed by atoms with van der Waals surface area (Å²) in [4.78, 5) is 28.6. The monoisotopic (exact) mass is 381 g/mol. The van der Waals surface area contributed by atoms with E-state index in [1.54, 1.807) is 41.8 Å². The van der Waals surface area contributed by atoms with Crippen LogP contribution in [0.3, 0.4) is 0 Å². The summed E-state index contributed by atoms with van der Waals surface area (Å²) < 4.78 is 18.3. The summed E-state index contributed by atoms with van der Waals surface area (Å²) in [7, 11) is 0. The lowest BCUT2D eigenvalue weighted by molar-refractivity contribution is 0.0462. The van der Waals surface area contributed by atoms with Gasteiger partial charge < -0.3 is 4.74 Å². The van der Waals surface area contributed by atoms with E-state index < -0.39 is 5.97 Å². The molecule has 4 rings (SSSR count). The molecule has 1 N–H and O–H groups in total. The molecule has 0 spiro atoms. The van der Waals surface area contributed by atoms with E-state index in [1.807, 2.05) is 0 Å². The van der Waals surface area contributed by atoms with Crippen LogP contribution in [0.15, 0.2) is 58.7 Å². The first kappa shape index (κ1) is 17.0. The molecule has 27 heavy (non-hydrogen) atoms. The summed E-state index contributed by atoms with van der Waals surface area (Å²) >= 11 is 1.37. The number of nitrogens with zero attached hydrogens (tertiary/aromatic N) is 2. The normalized spacial score (nSPS) is 10.9. The van der Waals surface area contributed by atoms with E-state index in [-0.39, 0.29) is 23.7 Å². The van der Waals surface area contributed by atoms with Crippen molar-refractivity contribution in [3.63, 3.8) is 0 Å². The van der Waals surface area contributed by atoms with Crippen molar-refractivity contribution in [2.75, 3.05) is 0 Å². The number of H-pyrrole nitrogens is 1. The number of nitrogens with one attached hydrogen (secondary N) is 1. The Morgan fingerprint density at radius 1 is 1.11 bits per heavy atom. The predicted octanol–water partition coefficient (Wildman–Crippen LogP) is 3.54. The van der Waals surface area contributed by atoms with Gasteiger partial charge in [-0.05, 0) is 30.3 Å². The highest BCUT2D eigenvalue weighted by Gasteiger charge is 2.16. The summed E-state index contributed by atoms with van der Waals surface area (Å²) in [5.41, 5.74) is 1.03. The molecule has 0 aliphatic heterocycles. The van der Waals surface area contributed by atoms with Gasteiger partial charge in [0.2, 0.25) is 0 Å². The molecular weight excluding hydrogens is 369 g/mol. The van der Waals surface area contributed by atoms with Crippen LogP contribution in [0.25, 0.3) is 21.3 Å². The van der Waals surface area contributed by atoms with Crippen molar-refractivity contribution in [2.24, 2.45) is 0 Å². The smallest absolute Gasteiger partial charge is 0.359 e. The molecule has 0 bridgehead atoms. The number of carbonyl (C=O) groups is 1. The molecule has 2 aromatic carbocycles. The fraction of sp³-hybridized carbons (Fsp3) is 0.0526. The topological polar surface area (TPSA) is 84.9 Å². The fourth-order valence-electron chi connectivity index (χ4n) is 2.58. The molecule has 6 nitrogen and oxygen atoms in total. The first-order valence-electron chi connectivity index (χ1n) is 7.97. The number of carbonyl (C=O) groups excluding carboxylic acids is 1. The number of esters is 1. The number of hydrogen-bond donors (Lipinski definition) is 1. The van der Waals surface area contributed by atoms with Crippen LogP contribution in [0.4, 0.5) is 4.39 Å². The van der Waals surface area contributed by atoms with Gasteiger partial charge in [0.15, 0.2) is 5.69 Å². The molecule has 2 heterocycles. The number of fused-ring (bicyclic) bond motifs is 1. The number of aromatic amines is 1. The Hall–Kier alpha value is -3.39. The minimum Gasteiger partial charge on any atom is -0.454 e. The Bertz CT molecular complexity index is 1180. The van der Waals surface area contributed by atoms with Crippen LogP contribution in [-0.2, 0) is 11.3 Å². The fourth-order valence-corrected chi connectivity index (χ4v) is 3.39. The molecule has 0 amide bonds. The second-order valence-electron chi connectivity index (χ2n) is 5.67. The van der Waals surface area contributed by atoms with Crippen LogP contribution in [0.2, 0.25) is 0 Å². The third kappa shape index (κ3) is 3.47. The molecule has 0 aliphatic rings. The maximum absolute atomic E-state index is 13.0. The Kier molecular flexibility index (Phi) is 4.47. The number of aromatic nitrogens is 3. The van der Waals surface area contributed by atoms with Crippen molar-refractivity contribution < 1.29 is 13.9 Å². The third-order valence-corrected chi connectivity index (χ3v) is 4.82. The largest absolute Gasteiger partial charge is 0.454 e. The summed E-state index contributed by atoms with van der Waals surface area (Å²) in [6.45, 7) is -0.0361. The van der Waals surface area contributed by atoms with Gasteiger partial charge in [-0.25, -0.2) is 19.3 Å². The molecule has 4 aromatic rings. The number of hydrogen-bond acceptors (Lipinski definition) is 6. The summed E-state index contributed by atoms with van der Waals surface area (Å²) in [6.07, 6.45) is 0. The Balaban J connectivity index is 1.51. The van der Waals surface area contributed by atoms with Crippen LogP contribution in [0.1, 0.15) is 16.2 Å². The average Bonchev–Trinajstić information content (AvgIpc) is 3.16. The molecule has 0 aliphatic carbocycles. The average molecular weight is 381 g/mol. The van der Waals surface area contributed by atoms with Crippen molar-refractivity contribution in [1.82, 2.24) is 15.2 Å². The second-order valence-corrected chi connectivity index (χ2v) is 6.53. The summed E-state index contributed by atoms with van der Waals surface area (Å²) in [5, 5.41) is 9.38. The van der Waals surface area contributed by atoms with Crippen molar-refractivity contribution in [2.45, 2.75) is 6.61 Å². The zero-order valence-corrected chi connectivity index (χ0v) is 14.6. The highest BCUT2D eigenvalue weighted by Crippen LogP contribution is 2.24. The van der Waals surface area contributed by atoms with E-state index in [2.05, 4.69) is 15.2 Å². The minimum absolute atomic E-state index is 0.0361. The van der Waals surface area contributed by atoms with Crippen molar-refractivity contribution in [1.29, 1.82) is 0 Å². The van der Waals surface area contributed by atoms with Gasteiger partial charge >= 0.3 is 5.97 Å². The van der Waals surface area contributed by atoms with Crippen molar-refractivity contribution in [3.8, 4) is 10.6 Å². The number of thiazole rings is 1. The van der Waals surface area contributed by atoms with Crippen LogP contribution >= 0.6 is 11.3 Å². The van der Waals surface area contributed by atoms with Crippen LogP contribution in [0, 0.1) is 5.82 Å². The van der Waals surface area contributed by atoms with Gasteiger partial charge in [0.05, 0.1) is 11.1 Å². The summed E-state index contributed by atoms with van der Waals surface area (Å²) in [6, 6.07) is 12.7. The number of halogens is 1. The van der Waals surface area contributed by atoms with Gasteiger partial charge in [-0.1, -0.05) is 18.2 Å². The highest BCUT2D eigenvalue weighted by atomic mass is 32.1. The quantitative estimate of drug-likeness (QED) is 0.547. The molecule has 0 atom stereocenters. The van der Waals surface area contributed by atoms with Gasteiger partial charge in [-0.3, -0.25) is 4.79 Å². The standard InChI is InChI=1S/C19H12FN3O3S/c20-12-7-5-11(6-8-12)18-21-13(10-27-18)9-26-19(25)16-14-3-1-2-4-15(14)17(24)23-22-16/h1-8,10H,9H2,(H,23,24). The van der Waals surface area contributed by atoms with Crippen LogP contribution in [0.5, 0.6) is 0 Å². The number of ether oxygens (including phenoxy) is 1. The molecule has 0 saturated carbocycles. The van der Waals surface area contributed by atoms with E-state index in [9.17, 15) is 14.0 Å². The van der Waals surface area contributed by atoms with E-state index in [0.29, 0.717) is 21.5 Å². The molecule has 2 aromatic heterocycles. The van der Waals surface area contributed by atoms with E-state index in [4.69, 9.17) is 4.74 Å². The minimum atomic E-state index is -0.654. The Labute approximate surface area is 156 Å². The molecule has 0 saturated heterocycles. The van der Waals surface area contributed by atoms with E-state index >= 15 is 0 Å². The van der Waals surface area contributed by atoms with Gasteiger partial charge in [-0.2, -0.15) is 5.10 Å². The van der Waals surface area contributed by atoms with Gasteiger partial charge in [0.1, 0.15) is 17.4 Å². The van der Waals surface area contributed by atoms with Gasteiger partial charge in [0.25, 0.3) is 5.56 Å². The first-order chi connectivity index (χ1) is 13.1. The summed E-state index contributed by atoms with van der Waals surface area (Å²) in [5.74, 6) is -0.969. The van der Waals surface area contributed by atoms with E-state index in [0.717, 1.165) is 5.56 Å². The highest BCUT2D eigenvalue weighted by molar-refractivity contribution is 7.13. The molecule has 8 heteroatoms. The Morgan fingerprint density at radius 3 is 2.63 bits per heavy atom. The predicted molar refractivity (Wildman–Crippen MR) is 99.0 cm³/mol. The maximum atomic E-state index is 13.0. The zero-order valence-electron chi connectivity index (χ0n) is 13.8. The maximum Gasteiger partial charge on any atom is 0.359 e. The van der Waals surface area contributed by atoms with Crippen molar-refractivity contribution in [3.05, 3.63) is 81.5 Å². The number of benzene rings is 2. The lowest BCUT2D eigenvalue weighted by atomic mass is 10.1. The lowest BCUT2D eigenvalue weighted by Crippen LogP contribution is -2.16. The van der Waals surface area contributed by atoms with Crippen molar-refractivity contribution >= 4 is 28.1 Å². The lowest BCUT2D eigenvalue weighted by Gasteiger charge is -2.05. The van der Waals surface area contributed by atoms with Gasteiger partial charge in [0, 0.05) is 16.3 Å². The molecule has 0 radical (unpaired) electrons. The van der Waals surface area contributed by atoms with Crippen LogP contribution < -0.4 is 5.56 Å². The SMILES string of the molecule is O=C(OCc1csc(-c2ccc(F)cc2)n1)c1n[nH]c(=O)c2ccccc12. The zero-order chi connectivity index (χ0) is 18.8. The first-order valence-corrected chi connectivity index (χ1v) is 8.84. The molecule has 0 unspecified atom stereocenters. The molecular formula is C19H12FN3O3S. The molecule has 0 fully saturated rings.